The Labute approximate surface area is 153 Å². The smallest absolute Gasteiger partial charge is 0.335 e. The van der Waals surface area contributed by atoms with Gasteiger partial charge in [0, 0.05) is 18.4 Å². The van der Waals surface area contributed by atoms with Gasteiger partial charge in [-0.05, 0) is 12.1 Å². The number of amides is 2. The SMILES string of the molecule is COC(=O)[C@H]1C[C@@H]2[C@H](CO1)NC(=O)N2c1nc2c3c(ccc2s1)OCC3. The molecule has 2 fully saturated rings. The van der Waals surface area contributed by atoms with Gasteiger partial charge in [-0.15, -0.1) is 0 Å². The molecular weight excluding hydrogens is 358 g/mol. The summed E-state index contributed by atoms with van der Waals surface area (Å²) in [5, 5.41) is 3.57. The number of fused-ring (bicyclic) bond motifs is 4. The Morgan fingerprint density at radius 2 is 2.35 bits per heavy atom. The van der Waals surface area contributed by atoms with E-state index >= 15 is 0 Å². The lowest BCUT2D eigenvalue weighted by Gasteiger charge is -2.32. The van der Waals surface area contributed by atoms with E-state index < -0.39 is 12.1 Å². The minimum atomic E-state index is -0.663. The fraction of sp³-hybridized carbons (Fsp3) is 0.471. The van der Waals surface area contributed by atoms with Crippen molar-refractivity contribution in [1.29, 1.82) is 0 Å². The molecule has 26 heavy (non-hydrogen) atoms. The van der Waals surface area contributed by atoms with E-state index in [1.54, 1.807) is 4.90 Å². The van der Waals surface area contributed by atoms with Crippen molar-refractivity contribution in [3.05, 3.63) is 17.7 Å². The topological polar surface area (TPSA) is 90.0 Å². The molecule has 2 saturated heterocycles. The largest absolute Gasteiger partial charge is 0.493 e. The van der Waals surface area contributed by atoms with E-state index in [1.807, 2.05) is 12.1 Å². The molecule has 1 N–H and O–H groups in total. The molecule has 0 saturated carbocycles. The van der Waals surface area contributed by atoms with Crippen LogP contribution in [0.4, 0.5) is 9.93 Å². The van der Waals surface area contributed by atoms with Crippen LogP contribution in [-0.2, 0) is 20.7 Å². The van der Waals surface area contributed by atoms with Gasteiger partial charge in [0.2, 0.25) is 0 Å². The highest BCUT2D eigenvalue weighted by Gasteiger charge is 2.47. The molecular formula is C17H17N3O5S. The average Bonchev–Trinajstić information content (AvgIpc) is 3.34. The lowest BCUT2D eigenvalue weighted by Crippen LogP contribution is -2.49. The first-order valence-corrected chi connectivity index (χ1v) is 9.31. The van der Waals surface area contributed by atoms with Crippen molar-refractivity contribution in [3.63, 3.8) is 0 Å². The van der Waals surface area contributed by atoms with Gasteiger partial charge in [-0.1, -0.05) is 11.3 Å². The molecule has 1 aromatic carbocycles. The first-order valence-electron chi connectivity index (χ1n) is 8.50. The van der Waals surface area contributed by atoms with Crippen molar-refractivity contribution in [2.24, 2.45) is 0 Å². The van der Waals surface area contributed by atoms with Crippen molar-refractivity contribution in [3.8, 4) is 5.75 Å². The Bertz CT molecular complexity index is 913. The van der Waals surface area contributed by atoms with E-state index in [1.165, 1.54) is 18.4 Å². The second-order valence-electron chi connectivity index (χ2n) is 6.56. The number of nitrogens with zero attached hydrogens (tertiary/aromatic N) is 2. The first-order chi connectivity index (χ1) is 12.7. The van der Waals surface area contributed by atoms with Gasteiger partial charge in [0.1, 0.15) is 5.75 Å². The standard InChI is InChI=1S/C17H17N3O5S/c1-23-15(21)12-6-10-9(7-25-12)18-16(22)20(10)17-19-14-8-4-5-24-11(8)2-3-13(14)26-17/h2-3,9-10,12H,4-7H2,1H3,(H,18,22)/t9-,10+,12+/m0/s1. The number of carbonyl (C=O) groups excluding carboxylic acids is 2. The molecule has 0 bridgehead atoms. The number of nitrogens with one attached hydrogen (secondary N) is 1. The number of hydrogen-bond donors (Lipinski definition) is 1. The summed E-state index contributed by atoms with van der Waals surface area (Å²) in [6, 6.07) is 3.38. The molecule has 3 atom stereocenters. The third-order valence-electron chi connectivity index (χ3n) is 5.15. The number of rotatable bonds is 2. The number of benzene rings is 1. The number of carbonyl (C=O) groups is 2. The second-order valence-corrected chi connectivity index (χ2v) is 7.57. The molecule has 3 aliphatic rings. The van der Waals surface area contributed by atoms with Crippen LogP contribution in [0.15, 0.2) is 12.1 Å². The van der Waals surface area contributed by atoms with E-state index in [4.69, 9.17) is 19.2 Å². The predicted molar refractivity (Wildman–Crippen MR) is 93.8 cm³/mol. The highest BCUT2D eigenvalue weighted by Crippen LogP contribution is 2.40. The summed E-state index contributed by atoms with van der Waals surface area (Å²) in [7, 11) is 1.34. The second kappa shape index (κ2) is 5.82. The van der Waals surface area contributed by atoms with Crippen LogP contribution in [-0.4, -0.2) is 55.5 Å². The molecule has 9 heteroatoms. The van der Waals surface area contributed by atoms with Gasteiger partial charge >= 0.3 is 12.0 Å². The number of thiazole rings is 1. The number of esters is 1. The van der Waals surface area contributed by atoms with Crippen LogP contribution in [0.2, 0.25) is 0 Å². The van der Waals surface area contributed by atoms with Crippen LogP contribution in [0, 0.1) is 0 Å². The molecule has 1 aromatic heterocycles. The van der Waals surface area contributed by atoms with Crippen LogP contribution in [0.3, 0.4) is 0 Å². The van der Waals surface area contributed by atoms with Crippen LogP contribution < -0.4 is 15.0 Å². The molecule has 136 valence electrons. The Kier molecular flexibility index (Phi) is 3.54. The van der Waals surface area contributed by atoms with Crippen molar-refractivity contribution >= 4 is 38.7 Å². The number of aromatic nitrogens is 1. The van der Waals surface area contributed by atoms with Gasteiger partial charge < -0.3 is 19.5 Å². The van der Waals surface area contributed by atoms with Crippen molar-refractivity contribution in [2.75, 3.05) is 25.2 Å². The number of hydrogen-bond acceptors (Lipinski definition) is 7. The summed E-state index contributed by atoms with van der Waals surface area (Å²) in [6.07, 6.45) is 0.544. The highest BCUT2D eigenvalue weighted by molar-refractivity contribution is 7.22. The van der Waals surface area contributed by atoms with Gasteiger partial charge in [0.15, 0.2) is 11.2 Å². The summed E-state index contributed by atoms with van der Waals surface area (Å²) in [5.74, 6) is 0.455. The summed E-state index contributed by atoms with van der Waals surface area (Å²) in [5.41, 5.74) is 1.99. The van der Waals surface area contributed by atoms with Gasteiger partial charge in [-0.25, -0.2) is 14.6 Å². The minimum absolute atomic E-state index is 0.163. The lowest BCUT2D eigenvalue weighted by atomic mass is 9.99. The third-order valence-corrected chi connectivity index (χ3v) is 6.17. The maximum absolute atomic E-state index is 12.6. The Balaban J connectivity index is 1.51. The molecule has 0 unspecified atom stereocenters. The van der Waals surface area contributed by atoms with E-state index in [0.717, 1.165) is 28.0 Å². The molecule has 0 spiro atoms. The Morgan fingerprint density at radius 3 is 3.19 bits per heavy atom. The molecule has 5 rings (SSSR count). The van der Waals surface area contributed by atoms with Gasteiger partial charge in [-0.2, -0.15) is 0 Å². The number of methoxy groups -OCH3 is 1. The summed E-state index contributed by atoms with van der Waals surface area (Å²) in [6.45, 7) is 0.940. The van der Waals surface area contributed by atoms with Crippen LogP contribution in [0.5, 0.6) is 5.75 Å². The number of urea groups is 1. The number of ether oxygens (including phenoxy) is 3. The predicted octanol–water partition coefficient (Wildman–Crippen LogP) is 1.46. The summed E-state index contributed by atoms with van der Waals surface area (Å²) >= 11 is 1.48. The lowest BCUT2D eigenvalue weighted by molar-refractivity contribution is -0.157. The first kappa shape index (κ1) is 15.8. The zero-order valence-electron chi connectivity index (χ0n) is 14.1. The zero-order chi connectivity index (χ0) is 17.8. The fourth-order valence-electron chi connectivity index (χ4n) is 3.87. The average molecular weight is 375 g/mol. The number of anilines is 1. The molecule has 3 aliphatic heterocycles. The minimum Gasteiger partial charge on any atom is -0.493 e. The maximum atomic E-state index is 12.6. The quantitative estimate of drug-likeness (QED) is 0.800. The van der Waals surface area contributed by atoms with E-state index in [9.17, 15) is 9.59 Å². The summed E-state index contributed by atoms with van der Waals surface area (Å²) in [4.78, 5) is 30.8. The molecule has 0 aliphatic carbocycles. The third kappa shape index (κ3) is 2.27. The fourth-order valence-corrected chi connectivity index (χ4v) is 4.92. The van der Waals surface area contributed by atoms with Crippen molar-refractivity contribution in [2.45, 2.75) is 31.0 Å². The normalized spacial score (nSPS) is 27.0. The highest BCUT2D eigenvalue weighted by atomic mass is 32.1. The van der Waals surface area contributed by atoms with E-state index in [0.29, 0.717) is 18.2 Å². The van der Waals surface area contributed by atoms with Crippen LogP contribution in [0.1, 0.15) is 12.0 Å². The molecule has 8 nitrogen and oxygen atoms in total. The van der Waals surface area contributed by atoms with Gasteiger partial charge in [-0.3, -0.25) is 4.90 Å². The molecule has 0 radical (unpaired) electrons. The Hall–Kier alpha value is -2.39. The monoisotopic (exact) mass is 375 g/mol. The Morgan fingerprint density at radius 1 is 1.46 bits per heavy atom. The van der Waals surface area contributed by atoms with Crippen molar-refractivity contribution in [1.82, 2.24) is 10.3 Å². The zero-order valence-corrected chi connectivity index (χ0v) is 14.9. The van der Waals surface area contributed by atoms with Gasteiger partial charge in [0.25, 0.3) is 0 Å². The molecule has 4 heterocycles. The van der Waals surface area contributed by atoms with Crippen molar-refractivity contribution < 1.29 is 23.8 Å². The molecule has 2 aromatic rings. The van der Waals surface area contributed by atoms with Crippen LogP contribution in [0.25, 0.3) is 10.2 Å². The van der Waals surface area contributed by atoms with Crippen LogP contribution >= 0.6 is 11.3 Å². The summed E-state index contributed by atoms with van der Waals surface area (Å²) < 4.78 is 17.0. The molecule has 2 amide bonds. The maximum Gasteiger partial charge on any atom is 0.335 e. The van der Waals surface area contributed by atoms with E-state index in [2.05, 4.69) is 5.32 Å². The van der Waals surface area contributed by atoms with Gasteiger partial charge in [0.05, 0.1) is 42.6 Å². The van der Waals surface area contributed by atoms with E-state index in [-0.39, 0.29) is 24.7 Å².